The number of rotatable bonds is 6. The summed E-state index contributed by atoms with van der Waals surface area (Å²) in [6.07, 6.45) is 3.64. The van der Waals surface area contributed by atoms with E-state index in [1.807, 2.05) is 0 Å². The van der Waals surface area contributed by atoms with Crippen LogP contribution in [0.1, 0.15) is 46.5 Å². The maximum atomic E-state index is 12.0. The third kappa shape index (κ3) is 4.94. The average Bonchev–Trinajstić information content (AvgIpc) is 2.27. The van der Waals surface area contributed by atoms with E-state index in [1.165, 1.54) is 0 Å². The molecule has 0 aromatic rings. The largest absolute Gasteiger partial charge is 0.462 e. The molecule has 0 amide bonds. The molecule has 1 aliphatic rings. The first-order valence-electron chi connectivity index (χ1n) is 6.98. The van der Waals surface area contributed by atoms with Crippen molar-refractivity contribution < 1.29 is 14.3 Å². The van der Waals surface area contributed by atoms with E-state index in [4.69, 9.17) is 15.2 Å². The van der Waals surface area contributed by atoms with Crippen LogP contribution in [0.3, 0.4) is 0 Å². The Bertz CT molecular complexity index is 268. The van der Waals surface area contributed by atoms with Crippen LogP contribution in [0.15, 0.2) is 0 Å². The molecule has 4 nitrogen and oxygen atoms in total. The molecule has 0 saturated heterocycles. The molecule has 0 heterocycles. The third-order valence-corrected chi connectivity index (χ3v) is 3.35. The van der Waals surface area contributed by atoms with Gasteiger partial charge in [0.25, 0.3) is 0 Å². The van der Waals surface area contributed by atoms with E-state index < -0.39 is 5.54 Å². The second-order valence-corrected chi connectivity index (χ2v) is 5.96. The highest BCUT2D eigenvalue weighted by Crippen LogP contribution is 2.31. The van der Waals surface area contributed by atoms with Crippen LogP contribution in [0, 0.1) is 11.8 Å². The Balaban J connectivity index is 2.23. The number of hydrogen-bond acceptors (Lipinski definition) is 4. The van der Waals surface area contributed by atoms with E-state index in [0.717, 1.165) is 25.7 Å². The molecule has 2 atom stereocenters. The number of esters is 1. The lowest BCUT2D eigenvalue weighted by Gasteiger charge is -2.34. The molecule has 0 radical (unpaired) electrons. The van der Waals surface area contributed by atoms with E-state index in [1.54, 1.807) is 0 Å². The Hall–Kier alpha value is -0.610. The molecular weight excluding hydrogens is 230 g/mol. The van der Waals surface area contributed by atoms with E-state index in [2.05, 4.69) is 20.8 Å². The number of nitrogens with two attached hydrogens (primary N) is 1. The Kier molecular flexibility index (Phi) is 6.09. The van der Waals surface area contributed by atoms with Gasteiger partial charge in [0.1, 0.15) is 12.1 Å². The van der Waals surface area contributed by atoms with Gasteiger partial charge in [0, 0.05) is 6.61 Å². The van der Waals surface area contributed by atoms with Crippen LogP contribution in [0.5, 0.6) is 0 Å². The van der Waals surface area contributed by atoms with Crippen molar-refractivity contribution in [2.45, 2.75) is 52.0 Å². The van der Waals surface area contributed by atoms with Crippen LogP contribution in [0.25, 0.3) is 0 Å². The summed E-state index contributed by atoms with van der Waals surface area (Å²) in [7, 11) is 0. The Morgan fingerprint density at radius 2 is 2.17 bits per heavy atom. The summed E-state index contributed by atoms with van der Waals surface area (Å²) < 4.78 is 10.6. The fraction of sp³-hybridized carbons (Fsp3) is 0.929. The van der Waals surface area contributed by atoms with Crippen LogP contribution in [0.4, 0.5) is 0 Å². The number of carbonyl (C=O) groups is 1. The van der Waals surface area contributed by atoms with Crippen molar-refractivity contribution in [3.8, 4) is 0 Å². The van der Waals surface area contributed by atoms with Crippen molar-refractivity contribution >= 4 is 5.97 Å². The van der Waals surface area contributed by atoms with Gasteiger partial charge in [-0.05, 0) is 24.7 Å². The van der Waals surface area contributed by atoms with Crippen LogP contribution in [0.2, 0.25) is 0 Å². The number of hydrogen-bond donors (Lipinski definition) is 1. The standard InChI is InChI=1S/C14H27NO3/c1-11(2)10-17-7-8-18-13(16)14(15)6-4-5-12(3)9-14/h11-12H,4-10,15H2,1-3H3. The van der Waals surface area contributed by atoms with Crippen molar-refractivity contribution in [2.24, 2.45) is 17.6 Å². The van der Waals surface area contributed by atoms with Gasteiger partial charge >= 0.3 is 5.97 Å². The van der Waals surface area contributed by atoms with Crippen molar-refractivity contribution in [3.05, 3.63) is 0 Å². The van der Waals surface area contributed by atoms with Crippen molar-refractivity contribution in [1.82, 2.24) is 0 Å². The van der Waals surface area contributed by atoms with E-state index in [9.17, 15) is 4.79 Å². The van der Waals surface area contributed by atoms with Crippen molar-refractivity contribution in [3.63, 3.8) is 0 Å². The molecule has 1 rings (SSSR count). The summed E-state index contributed by atoms with van der Waals surface area (Å²) in [6, 6.07) is 0. The lowest BCUT2D eigenvalue weighted by atomic mass is 9.77. The first kappa shape index (κ1) is 15.4. The van der Waals surface area contributed by atoms with Crippen molar-refractivity contribution in [2.75, 3.05) is 19.8 Å². The molecule has 18 heavy (non-hydrogen) atoms. The lowest BCUT2D eigenvalue weighted by molar-refractivity contribution is -0.153. The van der Waals surface area contributed by atoms with Gasteiger partial charge in [0.05, 0.1) is 6.61 Å². The van der Waals surface area contributed by atoms with Gasteiger partial charge in [0.15, 0.2) is 0 Å². The van der Waals surface area contributed by atoms with E-state index in [0.29, 0.717) is 31.7 Å². The maximum absolute atomic E-state index is 12.0. The molecule has 1 saturated carbocycles. The minimum absolute atomic E-state index is 0.262. The molecule has 0 spiro atoms. The Morgan fingerprint density at radius 1 is 1.44 bits per heavy atom. The first-order chi connectivity index (χ1) is 8.44. The molecule has 1 fully saturated rings. The summed E-state index contributed by atoms with van der Waals surface area (Å²) in [6.45, 7) is 7.77. The highest BCUT2D eigenvalue weighted by atomic mass is 16.6. The molecule has 106 valence electrons. The van der Waals surface area contributed by atoms with E-state index >= 15 is 0 Å². The highest BCUT2D eigenvalue weighted by Gasteiger charge is 2.39. The monoisotopic (exact) mass is 257 g/mol. The summed E-state index contributed by atoms with van der Waals surface area (Å²) >= 11 is 0. The summed E-state index contributed by atoms with van der Waals surface area (Å²) in [5.41, 5.74) is 5.37. The average molecular weight is 257 g/mol. The van der Waals surface area contributed by atoms with Crippen molar-refractivity contribution in [1.29, 1.82) is 0 Å². The van der Waals surface area contributed by atoms with Gasteiger partial charge in [0.2, 0.25) is 0 Å². The minimum Gasteiger partial charge on any atom is -0.462 e. The van der Waals surface area contributed by atoms with Gasteiger partial charge in [-0.25, -0.2) is 0 Å². The van der Waals surface area contributed by atoms with Crippen LogP contribution in [-0.2, 0) is 14.3 Å². The molecule has 4 heteroatoms. The molecule has 0 aliphatic heterocycles. The van der Waals surface area contributed by atoms with Gasteiger partial charge in [-0.1, -0.05) is 33.6 Å². The molecule has 0 bridgehead atoms. The quantitative estimate of drug-likeness (QED) is 0.585. The number of carbonyl (C=O) groups excluding carboxylic acids is 1. The third-order valence-electron chi connectivity index (χ3n) is 3.35. The van der Waals surface area contributed by atoms with Crippen LogP contribution in [-0.4, -0.2) is 31.3 Å². The molecular formula is C14H27NO3. The van der Waals surface area contributed by atoms with E-state index in [-0.39, 0.29) is 5.97 Å². The zero-order valence-corrected chi connectivity index (χ0v) is 11.9. The fourth-order valence-corrected chi connectivity index (χ4v) is 2.43. The second-order valence-electron chi connectivity index (χ2n) is 5.96. The van der Waals surface area contributed by atoms with Gasteiger partial charge in [-0.15, -0.1) is 0 Å². The Labute approximate surface area is 110 Å². The highest BCUT2D eigenvalue weighted by molar-refractivity contribution is 5.80. The zero-order valence-electron chi connectivity index (χ0n) is 11.9. The molecule has 0 aromatic carbocycles. The summed E-state index contributed by atoms with van der Waals surface area (Å²) in [5, 5.41) is 0. The predicted molar refractivity (Wildman–Crippen MR) is 71.2 cm³/mol. The lowest BCUT2D eigenvalue weighted by Crippen LogP contribution is -2.52. The van der Waals surface area contributed by atoms with Gasteiger partial charge in [-0.3, -0.25) is 4.79 Å². The van der Waals surface area contributed by atoms with Gasteiger partial charge < -0.3 is 15.2 Å². The molecule has 2 N–H and O–H groups in total. The molecule has 2 unspecified atom stereocenters. The smallest absolute Gasteiger partial charge is 0.326 e. The second kappa shape index (κ2) is 7.10. The van der Waals surface area contributed by atoms with Gasteiger partial charge in [-0.2, -0.15) is 0 Å². The van der Waals surface area contributed by atoms with Crippen LogP contribution < -0.4 is 5.73 Å². The molecule has 1 aliphatic carbocycles. The Morgan fingerprint density at radius 3 is 2.78 bits per heavy atom. The zero-order chi connectivity index (χ0) is 13.6. The van der Waals surface area contributed by atoms with Crippen LogP contribution >= 0.6 is 0 Å². The summed E-state index contributed by atoms with van der Waals surface area (Å²) in [4.78, 5) is 12.0. The summed E-state index contributed by atoms with van der Waals surface area (Å²) in [5.74, 6) is 0.747. The minimum atomic E-state index is -0.768. The fourth-order valence-electron chi connectivity index (χ4n) is 2.43. The first-order valence-corrected chi connectivity index (χ1v) is 6.98. The SMILES string of the molecule is CC(C)COCCOC(=O)C1(N)CCCC(C)C1. The number of ether oxygens (including phenoxy) is 2. The topological polar surface area (TPSA) is 61.5 Å². The normalized spacial score (nSPS) is 28.4. The maximum Gasteiger partial charge on any atom is 0.326 e. The predicted octanol–water partition coefficient (Wildman–Crippen LogP) is 2.11. The molecule has 0 aromatic heterocycles.